The number of nitrogens with zero attached hydrogens (tertiary/aromatic N) is 1. The van der Waals surface area contributed by atoms with Gasteiger partial charge in [-0.2, -0.15) is 0 Å². The van der Waals surface area contributed by atoms with Gasteiger partial charge >= 0.3 is 0 Å². The van der Waals surface area contributed by atoms with Crippen LogP contribution in [0.5, 0.6) is 0 Å². The fraction of sp³-hybridized carbons (Fsp3) is 0.389. The molecule has 2 fully saturated rings. The summed E-state index contributed by atoms with van der Waals surface area (Å²) in [7, 11) is 0. The summed E-state index contributed by atoms with van der Waals surface area (Å²) in [6.45, 7) is 4.90. The quantitative estimate of drug-likeness (QED) is 0.633. The summed E-state index contributed by atoms with van der Waals surface area (Å²) < 4.78 is 11.8. The molecule has 0 N–H and O–H groups in total. The number of β-lactam (4-membered cyclic amide) rings is 1. The topological polar surface area (TPSA) is 38.8 Å². The summed E-state index contributed by atoms with van der Waals surface area (Å²) in [5, 5.41) is 0. The average molecular weight is 297 g/mol. The second-order valence-corrected chi connectivity index (χ2v) is 6.08. The predicted octanol–water partition coefficient (Wildman–Crippen LogP) is 2.07. The lowest BCUT2D eigenvalue weighted by atomic mass is 9.73. The minimum Gasteiger partial charge on any atom is -0.364 e. The summed E-state index contributed by atoms with van der Waals surface area (Å²) in [4.78, 5) is 14.5. The SMILES string of the molecule is C=C[C@@H]1C[C@@]23[C@H](C=CCO[C@@H]2C(=O)N3Cc2ccccc2)O1. The molecule has 0 aliphatic carbocycles. The van der Waals surface area contributed by atoms with E-state index in [9.17, 15) is 4.79 Å². The molecule has 0 radical (unpaired) electrons. The maximum absolute atomic E-state index is 12.6. The molecule has 4 heteroatoms. The van der Waals surface area contributed by atoms with Crippen LogP contribution in [0.4, 0.5) is 0 Å². The van der Waals surface area contributed by atoms with Gasteiger partial charge in [0.15, 0.2) is 6.10 Å². The van der Waals surface area contributed by atoms with Crippen molar-refractivity contribution in [2.24, 2.45) is 0 Å². The lowest BCUT2D eigenvalue weighted by molar-refractivity contribution is -0.199. The molecule has 1 aromatic rings. The molecule has 2 saturated heterocycles. The molecule has 4 rings (SSSR count). The third-order valence-electron chi connectivity index (χ3n) is 4.91. The Bertz CT molecular complexity index is 626. The number of likely N-dealkylation sites (tertiary alicyclic amines) is 1. The van der Waals surface area contributed by atoms with Crippen molar-refractivity contribution in [3.63, 3.8) is 0 Å². The molecule has 1 aromatic carbocycles. The second kappa shape index (κ2) is 5.07. The highest BCUT2D eigenvalue weighted by Gasteiger charge is 2.68. The van der Waals surface area contributed by atoms with Crippen LogP contribution in [0.15, 0.2) is 55.1 Å². The Hall–Kier alpha value is -1.91. The van der Waals surface area contributed by atoms with Crippen molar-refractivity contribution in [1.29, 1.82) is 0 Å². The normalized spacial score (nSPS) is 36.3. The zero-order chi connectivity index (χ0) is 15.2. The van der Waals surface area contributed by atoms with Gasteiger partial charge in [-0.05, 0) is 5.56 Å². The maximum Gasteiger partial charge on any atom is 0.255 e. The highest BCUT2D eigenvalue weighted by atomic mass is 16.5. The molecule has 1 spiro atoms. The summed E-state index contributed by atoms with van der Waals surface area (Å²) in [5.41, 5.74) is 0.733. The van der Waals surface area contributed by atoms with E-state index in [0.717, 1.165) is 12.0 Å². The molecule has 3 heterocycles. The number of benzene rings is 1. The molecule has 0 saturated carbocycles. The van der Waals surface area contributed by atoms with Gasteiger partial charge in [-0.3, -0.25) is 4.79 Å². The smallest absolute Gasteiger partial charge is 0.255 e. The molecule has 0 unspecified atom stereocenters. The fourth-order valence-electron chi connectivity index (χ4n) is 3.84. The Morgan fingerprint density at radius 3 is 2.95 bits per heavy atom. The number of ether oxygens (including phenoxy) is 2. The molecular formula is C18H19NO3. The predicted molar refractivity (Wildman–Crippen MR) is 82.1 cm³/mol. The third-order valence-corrected chi connectivity index (χ3v) is 4.91. The van der Waals surface area contributed by atoms with Crippen molar-refractivity contribution >= 4 is 5.91 Å². The van der Waals surface area contributed by atoms with Crippen LogP contribution in [0.3, 0.4) is 0 Å². The van der Waals surface area contributed by atoms with Gasteiger partial charge in [0.05, 0.1) is 12.7 Å². The molecule has 4 atom stereocenters. The van der Waals surface area contributed by atoms with E-state index >= 15 is 0 Å². The van der Waals surface area contributed by atoms with E-state index in [2.05, 4.69) is 6.58 Å². The molecule has 0 bridgehead atoms. The van der Waals surface area contributed by atoms with E-state index in [1.807, 2.05) is 53.5 Å². The van der Waals surface area contributed by atoms with Crippen LogP contribution in [0.25, 0.3) is 0 Å². The fourth-order valence-corrected chi connectivity index (χ4v) is 3.84. The van der Waals surface area contributed by atoms with Gasteiger partial charge in [0, 0.05) is 13.0 Å². The number of carbonyl (C=O) groups is 1. The van der Waals surface area contributed by atoms with Gasteiger partial charge in [0.2, 0.25) is 0 Å². The lowest BCUT2D eigenvalue weighted by Gasteiger charge is -2.56. The van der Waals surface area contributed by atoms with E-state index in [4.69, 9.17) is 9.47 Å². The summed E-state index contributed by atoms with van der Waals surface area (Å²) in [6.07, 6.45) is 5.99. The van der Waals surface area contributed by atoms with Gasteiger partial charge in [-0.25, -0.2) is 0 Å². The van der Waals surface area contributed by atoms with E-state index in [0.29, 0.717) is 13.2 Å². The molecule has 0 aromatic heterocycles. The summed E-state index contributed by atoms with van der Waals surface area (Å²) >= 11 is 0. The van der Waals surface area contributed by atoms with Gasteiger partial charge < -0.3 is 14.4 Å². The second-order valence-electron chi connectivity index (χ2n) is 6.08. The zero-order valence-electron chi connectivity index (χ0n) is 12.4. The summed E-state index contributed by atoms with van der Waals surface area (Å²) in [5.74, 6) is 0.0610. The minimum absolute atomic E-state index is 0.0368. The first kappa shape index (κ1) is 13.7. The van der Waals surface area contributed by atoms with Crippen LogP contribution in [0.1, 0.15) is 12.0 Å². The van der Waals surface area contributed by atoms with Crippen molar-refractivity contribution < 1.29 is 14.3 Å². The largest absolute Gasteiger partial charge is 0.364 e. The first-order chi connectivity index (χ1) is 10.8. The highest BCUT2D eigenvalue weighted by Crippen LogP contribution is 2.49. The molecule has 22 heavy (non-hydrogen) atoms. The molecule has 114 valence electrons. The van der Waals surface area contributed by atoms with Crippen LogP contribution in [0.2, 0.25) is 0 Å². The Morgan fingerprint density at radius 1 is 1.36 bits per heavy atom. The van der Waals surface area contributed by atoms with Gasteiger partial charge in [0.1, 0.15) is 11.6 Å². The van der Waals surface area contributed by atoms with Crippen molar-refractivity contribution in [2.75, 3.05) is 6.61 Å². The molecule has 4 nitrogen and oxygen atoms in total. The monoisotopic (exact) mass is 297 g/mol. The standard InChI is InChI=1S/C18H19NO3/c1-2-14-11-18-15(22-14)9-6-10-21-16(18)17(20)19(18)12-13-7-4-3-5-8-13/h2-9,14-16H,1,10-12H2/t14-,15+,16-,18-/m1/s1. The first-order valence-electron chi connectivity index (χ1n) is 7.67. The van der Waals surface area contributed by atoms with Gasteiger partial charge in [0.25, 0.3) is 5.91 Å². The van der Waals surface area contributed by atoms with Crippen molar-refractivity contribution in [2.45, 2.75) is 36.8 Å². The zero-order valence-corrected chi connectivity index (χ0v) is 12.4. The van der Waals surface area contributed by atoms with Crippen molar-refractivity contribution in [1.82, 2.24) is 4.90 Å². The number of carbonyl (C=O) groups excluding carboxylic acids is 1. The number of hydrogen-bond acceptors (Lipinski definition) is 3. The number of rotatable bonds is 3. The Labute approximate surface area is 130 Å². The van der Waals surface area contributed by atoms with Gasteiger partial charge in [-0.1, -0.05) is 48.6 Å². The van der Waals surface area contributed by atoms with Crippen LogP contribution >= 0.6 is 0 Å². The Morgan fingerprint density at radius 2 is 2.18 bits per heavy atom. The van der Waals surface area contributed by atoms with Crippen LogP contribution in [-0.4, -0.2) is 41.3 Å². The first-order valence-corrected chi connectivity index (χ1v) is 7.67. The number of hydrogen-bond donors (Lipinski definition) is 0. The summed E-state index contributed by atoms with van der Waals surface area (Å²) in [6, 6.07) is 10.1. The maximum atomic E-state index is 12.6. The van der Waals surface area contributed by atoms with Crippen LogP contribution < -0.4 is 0 Å². The third kappa shape index (κ3) is 1.81. The van der Waals surface area contributed by atoms with E-state index in [1.54, 1.807) is 0 Å². The molecule has 3 aliphatic heterocycles. The van der Waals surface area contributed by atoms with E-state index in [-0.39, 0.29) is 18.1 Å². The van der Waals surface area contributed by atoms with E-state index < -0.39 is 11.6 Å². The van der Waals surface area contributed by atoms with Crippen LogP contribution in [0, 0.1) is 0 Å². The van der Waals surface area contributed by atoms with Crippen molar-refractivity contribution in [3.8, 4) is 0 Å². The molecular weight excluding hydrogens is 278 g/mol. The Balaban J connectivity index is 1.68. The lowest BCUT2D eigenvalue weighted by Crippen LogP contribution is -2.77. The highest BCUT2D eigenvalue weighted by molar-refractivity contribution is 5.91. The van der Waals surface area contributed by atoms with Gasteiger partial charge in [-0.15, -0.1) is 6.58 Å². The molecule has 3 aliphatic rings. The number of amides is 1. The van der Waals surface area contributed by atoms with Crippen molar-refractivity contribution in [3.05, 3.63) is 60.7 Å². The molecule has 1 amide bonds. The van der Waals surface area contributed by atoms with E-state index in [1.165, 1.54) is 0 Å². The average Bonchev–Trinajstić information content (AvgIpc) is 2.87. The van der Waals surface area contributed by atoms with Crippen LogP contribution in [-0.2, 0) is 20.8 Å². The minimum atomic E-state index is -0.402. The Kier molecular flexibility index (Phi) is 3.17.